The van der Waals surface area contributed by atoms with E-state index in [1.165, 1.54) is 6.26 Å². The van der Waals surface area contributed by atoms with Crippen molar-refractivity contribution < 1.29 is 23.5 Å². The van der Waals surface area contributed by atoms with Crippen molar-refractivity contribution in [2.75, 3.05) is 31.5 Å². The van der Waals surface area contributed by atoms with E-state index < -0.39 is 12.1 Å². The topological polar surface area (TPSA) is 92.1 Å². The fourth-order valence-corrected chi connectivity index (χ4v) is 4.02. The minimum absolute atomic E-state index is 0.200. The number of carbonyl (C=O) groups excluding carboxylic acids is 3. The summed E-state index contributed by atoms with van der Waals surface area (Å²) in [6.45, 7) is 7.10. The summed E-state index contributed by atoms with van der Waals surface area (Å²) in [6, 6.07) is 16.3. The average Bonchev–Trinajstić information content (AvgIpc) is 3.41. The van der Waals surface area contributed by atoms with Gasteiger partial charge in [0.2, 0.25) is 0 Å². The molecule has 1 fully saturated rings. The molecule has 0 spiro atoms. The average molecular weight is 476 g/mol. The molecule has 0 bridgehead atoms. The summed E-state index contributed by atoms with van der Waals surface area (Å²) >= 11 is 0. The number of benzene rings is 2. The first-order chi connectivity index (χ1) is 16.8. The van der Waals surface area contributed by atoms with Crippen molar-refractivity contribution in [3.05, 3.63) is 83.3 Å². The predicted octanol–water partition coefficient (Wildman–Crippen LogP) is 4.17. The Kier molecular flexibility index (Phi) is 7.19. The summed E-state index contributed by atoms with van der Waals surface area (Å²) in [7, 11) is 0. The smallest absolute Gasteiger partial charge is 0.341 e. The summed E-state index contributed by atoms with van der Waals surface area (Å²) in [5.74, 6) is -0.788. The lowest BCUT2D eigenvalue weighted by molar-refractivity contribution is -0.141. The highest BCUT2D eigenvalue weighted by molar-refractivity contribution is 5.98. The number of anilines is 2. The third-order valence-electron chi connectivity index (χ3n) is 6.26. The van der Waals surface area contributed by atoms with Crippen molar-refractivity contribution >= 4 is 29.2 Å². The van der Waals surface area contributed by atoms with Gasteiger partial charge in [0.1, 0.15) is 0 Å². The van der Waals surface area contributed by atoms with Crippen molar-refractivity contribution in [3.8, 4) is 0 Å². The number of hydrogen-bond acceptors (Lipinski definition) is 6. The van der Waals surface area contributed by atoms with E-state index in [2.05, 4.69) is 5.32 Å². The fourth-order valence-electron chi connectivity index (χ4n) is 4.02. The number of esters is 1. The molecule has 3 aromatic rings. The largest absolute Gasteiger partial charge is 0.459 e. The summed E-state index contributed by atoms with van der Waals surface area (Å²) in [4.78, 5) is 41.6. The van der Waals surface area contributed by atoms with Gasteiger partial charge in [-0.25, -0.2) is 4.79 Å². The molecule has 0 aliphatic carbocycles. The molecule has 1 aromatic heterocycles. The lowest BCUT2D eigenvalue weighted by atomic mass is 10.1. The molecule has 2 heterocycles. The third kappa shape index (κ3) is 5.37. The van der Waals surface area contributed by atoms with Crippen LogP contribution in [0.5, 0.6) is 0 Å². The van der Waals surface area contributed by atoms with Gasteiger partial charge in [-0.2, -0.15) is 0 Å². The standard InChI is InChI=1S/C27H29N3O5/c1-18-8-6-11-22(19(18)2)28-23-10-5-4-9-21(23)27(33)35-20(3)25(31)29-13-15-30(16-14-29)26(32)24-12-7-17-34-24/h4-12,17,20,28H,13-16H2,1-3H3/t20-/m1/s1. The van der Waals surface area contributed by atoms with Crippen molar-refractivity contribution in [2.45, 2.75) is 26.9 Å². The summed E-state index contributed by atoms with van der Waals surface area (Å²) in [5, 5.41) is 3.31. The molecule has 2 amide bonds. The number of nitrogens with zero attached hydrogens (tertiary/aromatic N) is 2. The number of para-hydroxylation sites is 1. The molecule has 1 aliphatic rings. The number of rotatable bonds is 6. The maximum atomic E-state index is 13.0. The second-order valence-corrected chi connectivity index (χ2v) is 8.56. The van der Waals surface area contributed by atoms with Crippen LogP contribution in [0, 0.1) is 13.8 Å². The van der Waals surface area contributed by atoms with E-state index in [9.17, 15) is 14.4 Å². The van der Waals surface area contributed by atoms with Crippen molar-refractivity contribution in [1.29, 1.82) is 0 Å². The van der Waals surface area contributed by atoms with Gasteiger partial charge >= 0.3 is 5.97 Å². The molecule has 1 N–H and O–H groups in total. The Hall–Kier alpha value is -4.07. The molecule has 1 aliphatic heterocycles. The van der Waals surface area contributed by atoms with Crippen LogP contribution in [0.1, 0.15) is 39.0 Å². The molecular formula is C27H29N3O5. The quantitative estimate of drug-likeness (QED) is 0.538. The van der Waals surface area contributed by atoms with Crippen LogP contribution in [-0.2, 0) is 9.53 Å². The summed E-state index contributed by atoms with van der Waals surface area (Å²) in [6.07, 6.45) is 0.502. The second kappa shape index (κ2) is 10.5. The molecule has 1 saturated heterocycles. The molecule has 182 valence electrons. The molecule has 35 heavy (non-hydrogen) atoms. The minimum atomic E-state index is -0.955. The van der Waals surface area contributed by atoms with E-state index in [-0.39, 0.29) is 17.6 Å². The monoisotopic (exact) mass is 475 g/mol. The number of furan rings is 1. The van der Waals surface area contributed by atoms with Crippen LogP contribution in [0.2, 0.25) is 0 Å². The summed E-state index contributed by atoms with van der Waals surface area (Å²) < 4.78 is 10.7. The number of aryl methyl sites for hydroxylation is 1. The molecule has 1 atom stereocenters. The number of amides is 2. The molecular weight excluding hydrogens is 446 g/mol. The van der Waals surface area contributed by atoms with E-state index >= 15 is 0 Å². The number of ether oxygens (including phenoxy) is 1. The van der Waals surface area contributed by atoms with Crippen molar-refractivity contribution in [2.24, 2.45) is 0 Å². The highest BCUT2D eigenvalue weighted by Crippen LogP contribution is 2.26. The number of carbonyl (C=O) groups is 3. The highest BCUT2D eigenvalue weighted by Gasteiger charge is 2.30. The van der Waals surface area contributed by atoms with Crippen molar-refractivity contribution in [1.82, 2.24) is 9.80 Å². The Morgan fingerprint density at radius 3 is 2.29 bits per heavy atom. The lowest BCUT2D eigenvalue weighted by Gasteiger charge is -2.35. The Morgan fingerprint density at radius 1 is 0.886 bits per heavy atom. The lowest BCUT2D eigenvalue weighted by Crippen LogP contribution is -2.53. The number of piperazine rings is 1. The number of hydrogen-bond donors (Lipinski definition) is 1. The normalized spacial score (nSPS) is 14.4. The SMILES string of the molecule is Cc1cccc(Nc2ccccc2C(=O)O[C@H](C)C(=O)N2CCN(C(=O)c3ccco3)CC2)c1C. The van der Waals surface area contributed by atoms with Gasteiger partial charge in [-0.3, -0.25) is 9.59 Å². The maximum absolute atomic E-state index is 13.0. The van der Waals surface area contributed by atoms with Crippen molar-refractivity contribution in [3.63, 3.8) is 0 Å². The van der Waals surface area contributed by atoms with Gasteiger partial charge in [0, 0.05) is 31.9 Å². The zero-order valence-corrected chi connectivity index (χ0v) is 20.1. The van der Waals surface area contributed by atoms with Crippen LogP contribution in [0.4, 0.5) is 11.4 Å². The zero-order valence-electron chi connectivity index (χ0n) is 20.1. The first kappa shape index (κ1) is 24.1. The van der Waals surface area contributed by atoms with Crippen LogP contribution < -0.4 is 5.32 Å². The second-order valence-electron chi connectivity index (χ2n) is 8.56. The molecule has 4 rings (SSSR count). The molecule has 0 unspecified atom stereocenters. The van der Waals surface area contributed by atoms with Crippen LogP contribution in [0.15, 0.2) is 65.3 Å². The molecule has 0 saturated carbocycles. The number of nitrogens with one attached hydrogen (secondary N) is 1. The molecule has 8 nitrogen and oxygen atoms in total. The van der Waals surface area contributed by atoms with Gasteiger partial charge in [-0.15, -0.1) is 0 Å². The molecule has 0 radical (unpaired) electrons. The Morgan fingerprint density at radius 2 is 1.57 bits per heavy atom. The van der Waals surface area contributed by atoms with Gasteiger partial charge < -0.3 is 24.3 Å². The van der Waals surface area contributed by atoms with Gasteiger partial charge in [0.25, 0.3) is 11.8 Å². The highest BCUT2D eigenvalue weighted by atomic mass is 16.5. The Labute approximate surface area is 204 Å². The summed E-state index contributed by atoms with van der Waals surface area (Å²) in [5.41, 5.74) is 4.08. The van der Waals surface area contributed by atoms with E-state index in [1.807, 2.05) is 38.1 Å². The van der Waals surface area contributed by atoms with Gasteiger partial charge in [0.05, 0.1) is 17.5 Å². The maximum Gasteiger partial charge on any atom is 0.341 e. The van der Waals surface area contributed by atoms with Crippen LogP contribution in [-0.4, -0.2) is 59.9 Å². The predicted molar refractivity (Wildman–Crippen MR) is 132 cm³/mol. The van der Waals surface area contributed by atoms with E-state index in [0.29, 0.717) is 37.4 Å². The molecule has 8 heteroatoms. The van der Waals surface area contributed by atoms with Crippen LogP contribution in [0.3, 0.4) is 0 Å². The van der Waals surface area contributed by atoms with Gasteiger partial charge in [-0.05, 0) is 62.2 Å². The third-order valence-corrected chi connectivity index (χ3v) is 6.26. The van der Waals surface area contributed by atoms with E-state index in [4.69, 9.17) is 9.15 Å². The Bertz CT molecular complexity index is 1210. The molecule has 2 aromatic carbocycles. The zero-order chi connectivity index (χ0) is 24.9. The van der Waals surface area contributed by atoms with Gasteiger partial charge in [0.15, 0.2) is 11.9 Å². The van der Waals surface area contributed by atoms with E-state index in [0.717, 1.165) is 16.8 Å². The van der Waals surface area contributed by atoms with Crippen LogP contribution >= 0.6 is 0 Å². The Balaban J connectivity index is 1.37. The first-order valence-electron chi connectivity index (χ1n) is 11.6. The van der Waals surface area contributed by atoms with Gasteiger partial charge in [-0.1, -0.05) is 24.3 Å². The van der Waals surface area contributed by atoms with Crippen LogP contribution in [0.25, 0.3) is 0 Å². The first-order valence-corrected chi connectivity index (χ1v) is 11.6. The minimum Gasteiger partial charge on any atom is -0.459 e. The van der Waals surface area contributed by atoms with E-state index in [1.54, 1.807) is 47.1 Å². The fraction of sp³-hybridized carbons (Fsp3) is 0.296.